The monoisotopic (exact) mass is 311 g/mol. The Morgan fingerprint density at radius 3 is 2.65 bits per heavy atom. The van der Waals surface area contributed by atoms with Gasteiger partial charge in [-0.15, -0.1) is 5.10 Å². The molecule has 7 nitrogen and oxygen atoms in total. The molecule has 23 heavy (non-hydrogen) atoms. The van der Waals surface area contributed by atoms with Gasteiger partial charge in [0, 0.05) is 24.4 Å². The van der Waals surface area contributed by atoms with Gasteiger partial charge in [-0.2, -0.15) is 5.10 Å². The molecule has 0 saturated heterocycles. The Morgan fingerprint density at radius 2 is 1.96 bits per heavy atom. The van der Waals surface area contributed by atoms with E-state index in [1.807, 2.05) is 39.0 Å². The van der Waals surface area contributed by atoms with E-state index in [2.05, 4.69) is 20.6 Å². The smallest absolute Gasteiger partial charge is 0.322 e. The van der Waals surface area contributed by atoms with Crippen LogP contribution < -0.4 is 5.32 Å². The number of amides is 1. The number of carbonyl (C=O) groups excluding carboxylic acids is 1. The highest BCUT2D eigenvalue weighted by molar-refractivity contribution is 6.02. The Hall–Kier alpha value is -2.96. The van der Waals surface area contributed by atoms with Crippen LogP contribution in [0.4, 0.5) is 6.01 Å². The maximum Gasteiger partial charge on any atom is 0.322 e. The summed E-state index contributed by atoms with van der Waals surface area (Å²) in [7, 11) is 1.76. The molecule has 0 atom stereocenters. The molecule has 3 rings (SSSR count). The molecular formula is C16H17N5O2. The molecule has 0 aliphatic rings. The van der Waals surface area contributed by atoms with E-state index < -0.39 is 0 Å². The molecule has 2 aromatic heterocycles. The average Bonchev–Trinajstić information content (AvgIpc) is 3.08. The van der Waals surface area contributed by atoms with Crippen molar-refractivity contribution < 1.29 is 9.21 Å². The first kappa shape index (κ1) is 15.0. The predicted octanol–water partition coefficient (Wildman–Crippen LogP) is 2.65. The Morgan fingerprint density at radius 1 is 1.17 bits per heavy atom. The van der Waals surface area contributed by atoms with Gasteiger partial charge in [0.2, 0.25) is 5.89 Å². The highest BCUT2D eigenvalue weighted by atomic mass is 16.4. The molecular weight excluding hydrogens is 294 g/mol. The molecule has 7 heteroatoms. The van der Waals surface area contributed by atoms with Crippen molar-refractivity contribution in [2.45, 2.75) is 20.8 Å². The minimum absolute atomic E-state index is 0.0518. The van der Waals surface area contributed by atoms with Gasteiger partial charge in [0.25, 0.3) is 5.91 Å². The molecule has 118 valence electrons. The van der Waals surface area contributed by atoms with Crippen molar-refractivity contribution in [1.29, 1.82) is 0 Å². The van der Waals surface area contributed by atoms with Crippen LogP contribution in [-0.2, 0) is 7.05 Å². The zero-order valence-corrected chi connectivity index (χ0v) is 13.4. The number of rotatable bonds is 3. The van der Waals surface area contributed by atoms with Crippen molar-refractivity contribution in [3.05, 3.63) is 46.8 Å². The molecule has 0 unspecified atom stereocenters. The largest absolute Gasteiger partial charge is 0.403 e. The first-order valence-electron chi connectivity index (χ1n) is 7.17. The lowest BCUT2D eigenvalue weighted by molar-refractivity contribution is 0.101. The number of nitrogens with zero attached hydrogens (tertiary/aromatic N) is 4. The second-order valence-corrected chi connectivity index (χ2v) is 5.52. The van der Waals surface area contributed by atoms with Crippen molar-refractivity contribution in [2.75, 3.05) is 5.32 Å². The van der Waals surface area contributed by atoms with E-state index in [9.17, 15) is 4.79 Å². The molecule has 1 amide bonds. The van der Waals surface area contributed by atoms with Gasteiger partial charge in [0.15, 0.2) is 5.69 Å². The van der Waals surface area contributed by atoms with Crippen LogP contribution in [0.25, 0.3) is 11.5 Å². The van der Waals surface area contributed by atoms with Gasteiger partial charge in [0.05, 0.1) is 0 Å². The molecule has 0 spiro atoms. The summed E-state index contributed by atoms with van der Waals surface area (Å²) in [6, 6.07) is 6.03. The molecule has 1 aromatic carbocycles. The minimum atomic E-state index is -0.376. The molecule has 1 N–H and O–H groups in total. The number of aryl methyl sites for hydroxylation is 4. The van der Waals surface area contributed by atoms with E-state index in [0.29, 0.717) is 11.6 Å². The van der Waals surface area contributed by atoms with Crippen LogP contribution in [0.1, 0.15) is 27.2 Å². The third-order valence-electron chi connectivity index (χ3n) is 3.50. The second kappa shape index (κ2) is 5.68. The van der Waals surface area contributed by atoms with Gasteiger partial charge in [-0.25, -0.2) is 0 Å². The van der Waals surface area contributed by atoms with E-state index >= 15 is 0 Å². The molecule has 0 saturated carbocycles. The first-order valence-corrected chi connectivity index (χ1v) is 7.17. The topological polar surface area (TPSA) is 85.8 Å². The molecule has 0 radical (unpaired) electrons. The highest BCUT2D eigenvalue weighted by Crippen LogP contribution is 2.24. The van der Waals surface area contributed by atoms with E-state index in [-0.39, 0.29) is 11.9 Å². The lowest BCUT2D eigenvalue weighted by Crippen LogP contribution is -2.14. The lowest BCUT2D eigenvalue weighted by Gasteiger charge is -2.02. The average molecular weight is 311 g/mol. The SMILES string of the molecule is Cc1ccc(C)c(-c2nnc(NC(=O)c3nn(C)cc3C)o2)c1. The standard InChI is InChI=1S/C16H17N5O2/c1-9-5-6-10(2)12(7-9)15-18-19-16(23-15)17-14(22)13-11(3)8-21(4)20-13/h5-8H,1-4H3,(H,17,19,22). The molecule has 3 aromatic rings. The number of hydrogen-bond acceptors (Lipinski definition) is 5. The fourth-order valence-corrected chi connectivity index (χ4v) is 2.34. The Bertz CT molecular complexity index is 878. The summed E-state index contributed by atoms with van der Waals surface area (Å²) in [5, 5.41) is 14.6. The predicted molar refractivity (Wildman–Crippen MR) is 85.1 cm³/mol. The summed E-state index contributed by atoms with van der Waals surface area (Å²) in [4.78, 5) is 12.2. The summed E-state index contributed by atoms with van der Waals surface area (Å²) in [5.74, 6) is -0.00138. The molecule has 2 heterocycles. The zero-order valence-electron chi connectivity index (χ0n) is 13.4. The van der Waals surface area contributed by atoms with Crippen molar-refractivity contribution >= 4 is 11.9 Å². The summed E-state index contributed by atoms with van der Waals surface area (Å²) < 4.78 is 7.14. The Balaban J connectivity index is 1.84. The van der Waals surface area contributed by atoms with Crippen LogP contribution in [-0.4, -0.2) is 25.9 Å². The van der Waals surface area contributed by atoms with Gasteiger partial charge in [-0.1, -0.05) is 22.8 Å². The van der Waals surface area contributed by atoms with Crippen molar-refractivity contribution in [3.63, 3.8) is 0 Å². The van der Waals surface area contributed by atoms with Crippen molar-refractivity contribution in [2.24, 2.45) is 7.05 Å². The van der Waals surface area contributed by atoms with E-state index in [1.165, 1.54) is 0 Å². The Labute approximate surface area is 133 Å². The van der Waals surface area contributed by atoms with E-state index in [1.54, 1.807) is 17.9 Å². The van der Waals surface area contributed by atoms with Gasteiger partial charge >= 0.3 is 6.01 Å². The number of benzene rings is 1. The fraction of sp³-hybridized carbons (Fsp3) is 0.250. The Kier molecular flexibility index (Phi) is 3.69. The van der Waals surface area contributed by atoms with Gasteiger partial charge in [-0.3, -0.25) is 14.8 Å². The third-order valence-corrected chi connectivity index (χ3v) is 3.50. The number of hydrogen-bond donors (Lipinski definition) is 1. The number of anilines is 1. The summed E-state index contributed by atoms with van der Waals surface area (Å²) in [5.41, 5.74) is 4.08. The maximum atomic E-state index is 12.2. The van der Waals surface area contributed by atoms with Crippen molar-refractivity contribution in [1.82, 2.24) is 20.0 Å². The minimum Gasteiger partial charge on any atom is -0.403 e. The van der Waals surface area contributed by atoms with E-state index in [4.69, 9.17) is 4.42 Å². The van der Waals surface area contributed by atoms with Crippen LogP contribution >= 0.6 is 0 Å². The second-order valence-electron chi connectivity index (χ2n) is 5.52. The summed E-state index contributed by atoms with van der Waals surface area (Å²) in [6.07, 6.45) is 1.77. The maximum absolute atomic E-state index is 12.2. The quantitative estimate of drug-likeness (QED) is 0.803. The zero-order chi connectivity index (χ0) is 16.6. The number of nitrogens with one attached hydrogen (secondary N) is 1. The van der Waals surface area contributed by atoms with Gasteiger partial charge in [-0.05, 0) is 32.4 Å². The fourth-order valence-electron chi connectivity index (χ4n) is 2.34. The van der Waals surface area contributed by atoms with Crippen LogP contribution in [0.2, 0.25) is 0 Å². The molecule has 0 bridgehead atoms. The van der Waals surface area contributed by atoms with Crippen LogP contribution in [0.15, 0.2) is 28.8 Å². The van der Waals surface area contributed by atoms with Gasteiger partial charge in [0.1, 0.15) is 0 Å². The molecule has 0 aliphatic heterocycles. The molecule has 0 fully saturated rings. The third kappa shape index (κ3) is 2.98. The highest BCUT2D eigenvalue weighted by Gasteiger charge is 2.17. The van der Waals surface area contributed by atoms with Crippen LogP contribution in [0, 0.1) is 20.8 Å². The first-order chi connectivity index (χ1) is 10.9. The number of aromatic nitrogens is 4. The van der Waals surface area contributed by atoms with Crippen LogP contribution in [0.3, 0.4) is 0 Å². The number of carbonyl (C=O) groups is 1. The van der Waals surface area contributed by atoms with Gasteiger partial charge < -0.3 is 4.42 Å². The van der Waals surface area contributed by atoms with E-state index in [0.717, 1.165) is 22.3 Å². The normalized spacial score (nSPS) is 10.8. The summed E-state index contributed by atoms with van der Waals surface area (Å²) >= 11 is 0. The summed E-state index contributed by atoms with van der Waals surface area (Å²) in [6.45, 7) is 5.78. The lowest BCUT2D eigenvalue weighted by atomic mass is 10.1. The van der Waals surface area contributed by atoms with Crippen LogP contribution in [0.5, 0.6) is 0 Å². The molecule has 0 aliphatic carbocycles. The van der Waals surface area contributed by atoms with Crippen molar-refractivity contribution in [3.8, 4) is 11.5 Å².